The number of amides is 1. The fourth-order valence-electron chi connectivity index (χ4n) is 2.68. The third kappa shape index (κ3) is 3.86. The Morgan fingerprint density at radius 2 is 1.85 bits per heavy atom. The number of halogens is 1. The molecule has 1 heterocycles. The summed E-state index contributed by atoms with van der Waals surface area (Å²) < 4.78 is 46.4. The fraction of sp³-hybridized carbons (Fsp3) is 0.278. The number of nitrogens with one attached hydrogen (secondary N) is 1. The maximum atomic E-state index is 13.8. The molecule has 1 fully saturated rings. The van der Waals surface area contributed by atoms with Crippen LogP contribution in [0.5, 0.6) is 0 Å². The van der Waals surface area contributed by atoms with Crippen molar-refractivity contribution in [2.75, 3.05) is 31.0 Å². The van der Waals surface area contributed by atoms with E-state index in [4.69, 9.17) is 4.74 Å². The maximum Gasteiger partial charge on any atom is 0.262 e. The molecule has 0 unspecified atom stereocenters. The largest absolute Gasteiger partial charge is 0.378 e. The molecule has 1 saturated heterocycles. The Kier molecular flexibility index (Phi) is 5.24. The first-order chi connectivity index (χ1) is 12.4. The van der Waals surface area contributed by atoms with Gasteiger partial charge in [-0.15, -0.1) is 0 Å². The minimum absolute atomic E-state index is 0.0945. The van der Waals surface area contributed by atoms with Crippen LogP contribution in [-0.2, 0) is 14.8 Å². The molecule has 6 nitrogen and oxygen atoms in total. The summed E-state index contributed by atoms with van der Waals surface area (Å²) >= 11 is 0. The summed E-state index contributed by atoms with van der Waals surface area (Å²) in [6.07, 6.45) is 0. The van der Waals surface area contributed by atoms with Crippen molar-refractivity contribution in [3.8, 4) is 0 Å². The van der Waals surface area contributed by atoms with E-state index in [9.17, 15) is 17.6 Å². The molecule has 0 aliphatic carbocycles. The number of carbonyl (C=O) groups is 1. The first-order valence-corrected chi connectivity index (χ1v) is 9.62. The maximum absolute atomic E-state index is 13.8. The molecule has 0 atom stereocenters. The van der Waals surface area contributed by atoms with E-state index in [1.807, 2.05) is 0 Å². The summed E-state index contributed by atoms with van der Waals surface area (Å²) in [5, 5.41) is 0. The van der Waals surface area contributed by atoms with Crippen molar-refractivity contribution >= 4 is 21.6 Å². The van der Waals surface area contributed by atoms with E-state index in [1.54, 1.807) is 17.9 Å². The van der Waals surface area contributed by atoms with Gasteiger partial charge in [-0.2, -0.15) is 0 Å². The van der Waals surface area contributed by atoms with Crippen molar-refractivity contribution < 1.29 is 22.3 Å². The van der Waals surface area contributed by atoms with Crippen molar-refractivity contribution in [3.05, 3.63) is 59.4 Å². The Bertz CT molecular complexity index is 925. The average Bonchev–Trinajstić information content (AvgIpc) is 2.64. The van der Waals surface area contributed by atoms with Crippen LogP contribution >= 0.6 is 0 Å². The van der Waals surface area contributed by atoms with Gasteiger partial charge >= 0.3 is 0 Å². The molecule has 0 aromatic heterocycles. The summed E-state index contributed by atoms with van der Waals surface area (Å²) in [6.45, 7) is 3.58. The van der Waals surface area contributed by atoms with Gasteiger partial charge in [-0.25, -0.2) is 12.8 Å². The van der Waals surface area contributed by atoms with E-state index < -0.39 is 15.8 Å². The van der Waals surface area contributed by atoms with Gasteiger partial charge in [0.25, 0.3) is 15.9 Å². The monoisotopic (exact) mass is 378 g/mol. The second kappa shape index (κ2) is 7.43. The van der Waals surface area contributed by atoms with Crippen LogP contribution in [0.3, 0.4) is 0 Å². The Hall–Kier alpha value is -2.45. The molecular formula is C18H19FN2O4S. The molecular weight excluding hydrogens is 359 g/mol. The Balaban J connectivity index is 1.91. The number of anilines is 1. The van der Waals surface area contributed by atoms with Crippen molar-refractivity contribution in [1.29, 1.82) is 0 Å². The molecule has 2 aromatic rings. The van der Waals surface area contributed by atoms with Gasteiger partial charge in [0, 0.05) is 18.7 Å². The van der Waals surface area contributed by atoms with Crippen LogP contribution in [0.4, 0.5) is 10.1 Å². The van der Waals surface area contributed by atoms with E-state index in [-0.39, 0.29) is 16.5 Å². The van der Waals surface area contributed by atoms with Gasteiger partial charge < -0.3 is 9.64 Å². The van der Waals surface area contributed by atoms with Crippen molar-refractivity contribution in [2.45, 2.75) is 11.8 Å². The first-order valence-electron chi connectivity index (χ1n) is 8.13. The van der Waals surface area contributed by atoms with Gasteiger partial charge in [-0.1, -0.05) is 18.2 Å². The molecule has 8 heteroatoms. The number of ether oxygens (including phenoxy) is 1. The minimum Gasteiger partial charge on any atom is -0.378 e. The van der Waals surface area contributed by atoms with Gasteiger partial charge in [0.2, 0.25) is 0 Å². The van der Waals surface area contributed by atoms with Crippen LogP contribution in [0.1, 0.15) is 15.9 Å². The molecule has 0 spiro atoms. The lowest BCUT2D eigenvalue weighted by molar-refractivity contribution is 0.0302. The van der Waals surface area contributed by atoms with Gasteiger partial charge in [0.05, 0.1) is 23.8 Å². The van der Waals surface area contributed by atoms with E-state index in [2.05, 4.69) is 4.72 Å². The standard InChI is InChI=1S/C18H19FN2O4S/c1-13-6-7-14(12-15(13)18(22)21-8-10-25-11-9-21)26(23,24)20-17-5-3-2-4-16(17)19/h2-7,12,20H,8-11H2,1H3. The molecule has 1 aliphatic heterocycles. The van der Waals surface area contributed by atoms with E-state index in [0.717, 1.165) is 0 Å². The average molecular weight is 378 g/mol. The molecule has 1 aliphatic rings. The zero-order valence-corrected chi connectivity index (χ0v) is 15.1. The summed E-state index contributed by atoms with van der Waals surface area (Å²) in [5.41, 5.74) is 0.837. The zero-order chi connectivity index (χ0) is 18.7. The molecule has 26 heavy (non-hydrogen) atoms. The number of para-hydroxylation sites is 1. The molecule has 3 rings (SSSR count). The third-order valence-corrected chi connectivity index (χ3v) is 5.53. The number of hydrogen-bond acceptors (Lipinski definition) is 4. The third-order valence-electron chi connectivity index (χ3n) is 4.17. The van der Waals surface area contributed by atoms with E-state index >= 15 is 0 Å². The van der Waals surface area contributed by atoms with Gasteiger partial charge in [0.1, 0.15) is 5.82 Å². The van der Waals surface area contributed by atoms with Crippen LogP contribution in [-0.4, -0.2) is 45.5 Å². The van der Waals surface area contributed by atoms with Gasteiger partial charge in [0.15, 0.2) is 0 Å². The SMILES string of the molecule is Cc1ccc(S(=O)(=O)Nc2ccccc2F)cc1C(=O)N1CCOCC1. The minimum atomic E-state index is -4.02. The number of rotatable bonds is 4. The molecule has 1 N–H and O–H groups in total. The Morgan fingerprint density at radius 3 is 2.54 bits per heavy atom. The van der Waals surface area contributed by atoms with Crippen LogP contribution in [0, 0.1) is 12.7 Å². The molecule has 0 radical (unpaired) electrons. The quantitative estimate of drug-likeness (QED) is 0.887. The van der Waals surface area contributed by atoms with Gasteiger partial charge in [-0.05, 0) is 36.8 Å². The second-order valence-electron chi connectivity index (χ2n) is 5.97. The number of benzene rings is 2. The molecule has 2 aromatic carbocycles. The van der Waals surface area contributed by atoms with E-state index in [0.29, 0.717) is 37.4 Å². The molecule has 138 valence electrons. The topological polar surface area (TPSA) is 75.7 Å². The van der Waals surface area contributed by atoms with Crippen LogP contribution in [0.2, 0.25) is 0 Å². The van der Waals surface area contributed by atoms with Crippen LogP contribution < -0.4 is 4.72 Å². The second-order valence-corrected chi connectivity index (χ2v) is 7.65. The highest BCUT2D eigenvalue weighted by molar-refractivity contribution is 7.92. The number of sulfonamides is 1. The molecule has 1 amide bonds. The highest BCUT2D eigenvalue weighted by atomic mass is 32.2. The zero-order valence-electron chi connectivity index (χ0n) is 14.2. The van der Waals surface area contributed by atoms with Crippen molar-refractivity contribution in [2.24, 2.45) is 0 Å². The lowest BCUT2D eigenvalue weighted by atomic mass is 10.1. The lowest BCUT2D eigenvalue weighted by Gasteiger charge is -2.27. The summed E-state index contributed by atoms with van der Waals surface area (Å²) in [6, 6.07) is 9.80. The normalized spacial score (nSPS) is 14.9. The van der Waals surface area contributed by atoms with Gasteiger partial charge in [-0.3, -0.25) is 9.52 Å². The predicted molar refractivity (Wildman–Crippen MR) is 95.1 cm³/mol. The summed E-state index contributed by atoms with van der Waals surface area (Å²) in [4.78, 5) is 14.2. The Morgan fingerprint density at radius 1 is 1.15 bits per heavy atom. The number of hydrogen-bond donors (Lipinski definition) is 1. The van der Waals surface area contributed by atoms with Crippen LogP contribution in [0.25, 0.3) is 0 Å². The molecule has 0 bridgehead atoms. The highest BCUT2D eigenvalue weighted by Crippen LogP contribution is 2.22. The van der Waals surface area contributed by atoms with Crippen molar-refractivity contribution in [3.63, 3.8) is 0 Å². The first kappa shape index (κ1) is 18.3. The summed E-state index contributed by atoms with van der Waals surface area (Å²) in [7, 11) is -4.02. The smallest absolute Gasteiger partial charge is 0.262 e. The van der Waals surface area contributed by atoms with Crippen molar-refractivity contribution in [1.82, 2.24) is 4.90 Å². The van der Waals surface area contributed by atoms with E-state index in [1.165, 1.54) is 36.4 Å². The summed E-state index contributed by atoms with van der Waals surface area (Å²) in [5.74, 6) is -0.915. The Labute approximate surface area is 151 Å². The fourth-order valence-corrected chi connectivity index (χ4v) is 3.78. The lowest BCUT2D eigenvalue weighted by Crippen LogP contribution is -2.41. The number of morpholine rings is 1. The van der Waals surface area contributed by atoms with Crippen LogP contribution in [0.15, 0.2) is 47.4 Å². The number of nitrogens with zero attached hydrogens (tertiary/aromatic N) is 1. The highest BCUT2D eigenvalue weighted by Gasteiger charge is 2.23. The number of carbonyl (C=O) groups excluding carboxylic acids is 1. The molecule has 0 saturated carbocycles. The predicted octanol–water partition coefficient (Wildman–Crippen LogP) is 2.41. The number of aryl methyl sites for hydroxylation is 1.